The highest BCUT2D eigenvalue weighted by Gasteiger charge is 2.17. The fraction of sp³-hybridized carbons (Fsp3) is 0.950. The van der Waals surface area contributed by atoms with Crippen molar-refractivity contribution in [2.45, 2.75) is 59.8 Å². The average Bonchev–Trinajstić information content (AvgIpc) is 2.77. The summed E-state index contributed by atoms with van der Waals surface area (Å²) < 4.78 is 0. The van der Waals surface area contributed by atoms with Crippen LogP contribution in [0.4, 0.5) is 0 Å². The number of guanidine groups is 1. The molecule has 6 heteroatoms. The highest BCUT2D eigenvalue weighted by Crippen LogP contribution is 2.23. The van der Waals surface area contributed by atoms with Crippen LogP contribution in [0.2, 0.25) is 0 Å². The molecule has 0 aromatic carbocycles. The van der Waals surface area contributed by atoms with Crippen molar-refractivity contribution in [3.05, 3.63) is 0 Å². The maximum absolute atomic E-state index is 4.84. The Labute approximate surface area is 179 Å². The van der Waals surface area contributed by atoms with Gasteiger partial charge in [-0.3, -0.25) is 4.99 Å². The van der Waals surface area contributed by atoms with Crippen LogP contribution in [0.25, 0.3) is 0 Å². The topological polar surface area (TPSA) is 42.9 Å². The van der Waals surface area contributed by atoms with Gasteiger partial charge in [0.1, 0.15) is 0 Å². The molecule has 0 atom stereocenters. The molecular formula is C20H44IN5. The van der Waals surface area contributed by atoms with Gasteiger partial charge in [0.05, 0.1) is 0 Å². The molecule has 1 fully saturated rings. The lowest BCUT2D eigenvalue weighted by Gasteiger charge is -2.24. The molecule has 0 bridgehead atoms. The first kappa shape index (κ1) is 25.9. The Morgan fingerprint density at radius 3 is 2.50 bits per heavy atom. The molecule has 0 amide bonds. The van der Waals surface area contributed by atoms with Gasteiger partial charge in [0, 0.05) is 39.3 Å². The third-order valence-corrected chi connectivity index (χ3v) is 5.00. The zero-order valence-corrected chi connectivity index (χ0v) is 20.3. The summed E-state index contributed by atoms with van der Waals surface area (Å²) in [5.74, 6) is 0.970. The number of hydrogen-bond acceptors (Lipinski definition) is 3. The molecule has 2 N–H and O–H groups in total. The Bertz CT molecular complexity index is 373. The Morgan fingerprint density at radius 1 is 1.04 bits per heavy atom. The molecule has 1 saturated heterocycles. The molecule has 0 aromatic rings. The monoisotopic (exact) mass is 481 g/mol. The second-order valence-corrected chi connectivity index (χ2v) is 8.24. The van der Waals surface area contributed by atoms with Crippen LogP contribution in [0.5, 0.6) is 0 Å². The molecular weight excluding hydrogens is 437 g/mol. The minimum absolute atomic E-state index is 0. The van der Waals surface area contributed by atoms with Crippen LogP contribution in [-0.4, -0.2) is 75.2 Å². The van der Waals surface area contributed by atoms with E-state index in [1.54, 1.807) is 0 Å². The summed E-state index contributed by atoms with van der Waals surface area (Å²) in [6, 6.07) is 0. The number of nitrogens with one attached hydrogen (secondary N) is 2. The van der Waals surface area contributed by atoms with E-state index >= 15 is 0 Å². The molecule has 156 valence electrons. The first-order chi connectivity index (χ1) is 12.0. The molecule has 0 aromatic heterocycles. The van der Waals surface area contributed by atoms with Gasteiger partial charge >= 0.3 is 0 Å². The van der Waals surface area contributed by atoms with Crippen LogP contribution in [0.1, 0.15) is 59.8 Å². The van der Waals surface area contributed by atoms with Gasteiger partial charge in [0.25, 0.3) is 0 Å². The van der Waals surface area contributed by atoms with Crippen LogP contribution >= 0.6 is 24.0 Å². The van der Waals surface area contributed by atoms with E-state index in [9.17, 15) is 0 Å². The zero-order chi connectivity index (χ0) is 18.5. The summed E-state index contributed by atoms with van der Waals surface area (Å²) in [5.41, 5.74) is 0.285. The van der Waals surface area contributed by atoms with Crippen LogP contribution in [0.15, 0.2) is 4.99 Å². The molecule has 5 nitrogen and oxygen atoms in total. The number of nitrogens with zero attached hydrogens (tertiary/aromatic N) is 3. The van der Waals surface area contributed by atoms with Crippen LogP contribution in [0.3, 0.4) is 0 Å². The number of hydrogen-bond donors (Lipinski definition) is 2. The van der Waals surface area contributed by atoms with E-state index in [-0.39, 0.29) is 29.4 Å². The molecule has 1 aliphatic heterocycles. The summed E-state index contributed by atoms with van der Waals surface area (Å²) in [7, 11) is 2.22. The van der Waals surface area contributed by atoms with E-state index in [1.165, 1.54) is 58.3 Å². The second-order valence-electron chi connectivity index (χ2n) is 8.24. The average molecular weight is 482 g/mol. The van der Waals surface area contributed by atoms with Crippen molar-refractivity contribution < 1.29 is 0 Å². The van der Waals surface area contributed by atoms with E-state index in [0.29, 0.717) is 0 Å². The van der Waals surface area contributed by atoms with Gasteiger partial charge in [0.15, 0.2) is 5.96 Å². The summed E-state index contributed by atoms with van der Waals surface area (Å²) in [6.07, 6.45) is 6.46. The predicted molar refractivity (Wildman–Crippen MR) is 126 cm³/mol. The molecule has 0 spiro atoms. The molecule has 1 heterocycles. The first-order valence-corrected chi connectivity index (χ1v) is 10.4. The Hall–Kier alpha value is -0.0800. The molecule has 26 heavy (non-hydrogen) atoms. The van der Waals surface area contributed by atoms with Crippen molar-refractivity contribution in [1.82, 2.24) is 20.4 Å². The van der Waals surface area contributed by atoms with Gasteiger partial charge in [0.2, 0.25) is 0 Å². The number of aliphatic imine (C=N–C) groups is 1. The normalized spacial score (nSPS) is 17.5. The number of likely N-dealkylation sites (N-methyl/N-ethyl adjacent to an activating group) is 1. The quantitative estimate of drug-likeness (QED) is 0.217. The van der Waals surface area contributed by atoms with E-state index in [2.05, 4.69) is 55.2 Å². The van der Waals surface area contributed by atoms with Gasteiger partial charge in [-0.1, -0.05) is 40.0 Å². The Morgan fingerprint density at radius 2 is 1.81 bits per heavy atom. The minimum Gasteiger partial charge on any atom is -0.357 e. The number of unbranched alkanes of at least 4 members (excludes halogenated alkanes) is 2. The van der Waals surface area contributed by atoms with Gasteiger partial charge in [-0.2, -0.15) is 0 Å². The molecule has 0 unspecified atom stereocenters. The Balaban J connectivity index is 0.00000625. The maximum Gasteiger partial charge on any atom is 0.191 e. The molecule has 1 rings (SSSR count). The van der Waals surface area contributed by atoms with Crippen molar-refractivity contribution in [3.8, 4) is 0 Å². The van der Waals surface area contributed by atoms with Gasteiger partial charge in [-0.15, -0.1) is 24.0 Å². The lowest BCUT2D eigenvalue weighted by molar-refractivity contribution is 0.279. The van der Waals surface area contributed by atoms with Crippen LogP contribution in [0, 0.1) is 5.41 Å². The molecule has 0 aliphatic carbocycles. The third kappa shape index (κ3) is 12.3. The van der Waals surface area contributed by atoms with Crippen molar-refractivity contribution in [2.75, 3.05) is 59.4 Å². The lowest BCUT2D eigenvalue weighted by Crippen LogP contribution is -2.42. The predicted octanol–water partition coefficient (Wildman–Crippen LogP) is 3.40. The highest BCUT2D eigenvalue weighted by atomic mass is 127. The van der Waals surface area contributed by atoms with Gasteiger partial charge in [-0.05, 0) is 45.3 Å². The van der Waals surface area contributed by atoms with Crippen molar-refractivity contribution in [1.29, 1.82) is 0 Å². The summed E-state index contributed by atoms with van der Waals surface area (Å²) in [6.45, 7) is 17.7. The lowest BCUT2D eigenvalue weighted by atomic mass is 9.87. The van der Waals surface area contributed by atoms with Crippen LogP contribution < -0.4 is 10.6 Å². The standard InChI is InChI=1S/C20H43N5.HI/c1-6-8-9-11-20(3,4)18-23-19(21-7-2)22-12-15-25-14-10-13-24(5)16-17-25;/h6-18H2,1-5H3,(H2,21,22,23);1H. The highest BCUT2D eigenvalue weighted by molar-refractivity contribution is 14.0. The zero-order valence-electron chi connectivity index (χ0n) is 17.9. The van der Waals surface area contributed by atoms with Crippen molar-refractivity contribution in [3.63, 3.8) is 0 Å². The van der Waals surface area contributed by atoms with Crippen LogP contribution in [-0.2, 0) is 0 Å². The first-order valence-electron chi connectivity index (χ1n) is 10.4. The van der Waals surface area contributed by atoms with E-state index in [4.69, 9.17) is 4.99 Å². The SMILES string of the molecule is CCCCCC(C)(C)CN=C(NCC)NCCN1CCCN(C)CC1.I. The van der Waals surface area contributed by atoms with E-state index in [1.807, 2.05) is 0 Å². The fourth-order valence-corrected chi connectivity index (χ4v) is 3.22. The third-order valence-electron chi connectivity index (χ3n) is 5.00. The molecule has 0 radical (unpaired) electrons. The molecule has 0 saturated carbocycles. The molecule has 1 aliphatic rings. The van der Waals surface area contributed by atoms with Gasteiger partial charge < -0.3 is 20.4 Å². The van der Waals surface area contributed by atoms with Crippen molar-refractivity contribution >= 4 is 29.9 Å². The maximum atomic E-state index is 4.84. The summed E-state index contributed by atoms with van der Waals surface area (Å²) >= 11 is 0. The smallest absolute Gasteiger partial charge is 0.191 e. The second kappa shape index (κ2) is 14.9. The summed E-state index contributed by atoms with van der Waals surface area (Å²) in [5, 5.41) is 6.91. The summed E-state index contributed by atoms with van der Waals surface area (Å²) in [4.78, 5) is 9.84. The van der Waals surface area contributed by atoms with E-state index in [0.717, 1.165) is 32.1 Å². The fourth-order valence-electron chi connectivity index (χ4n) is 3.22. The number of rotatable bonds is 10. The Kier molecular flexibility index (Phi) is 14.9. The largest absolute Gasteiger partial charge is 0.357 e. The van der Waals surface area contributed by atoms with Crippen molar-refractivity contribution in [2.24, 2.45) is 10.4 Å². The van der Waals surface area contributed by atoms with Gasteiger partial charge in [-0.25, -0.2) is 0 Å². The number of halogens is 1. The van der Waals surface area contributed by atoms with E-state index < -0.39 is 0 Å². The minimum atomic E-state index is 0.